The molecule has 2 unspecified atom stereocenters. The average Bonchev–Trinajstić information content (AvgIpc) is 2.26. The lowest BCUT2D eigenvalue weighted by molar-refractivity contribution is -0.131. The standard InChI is InChI=1S/C12H14ClF3/c1-3-8(2)9-4-6-10(7-5-9)11(13)12(14,15)16/h4-8,11H,3H2,1-2H3. The van der Waals surface area contributed by atoms with Gasteiger partial charge in [0.25, 0.3) is 0 Å². The van der Waals surface area contributed by atoms with Gasteiger partial charge in [-0.15, -0.1) is 11.6 Å². The van der Waals surface area contributed by atoms with Crippen molar-refractivity contribution >= 4 is 11.6 Å². The highest BCUT2D eigenvalue weighted by atomic mass is 35.5. The van der Waals surface area contributed by atoms with Crippen LogP contribution in [0, 0.1) is 0 Å². The zero-order valence-corrected chi connectivity index (χ0v) is 9.94. The van der Waals surface area contributed by atoms with Crippen molar-refractivity contribution in [2.24, 2.45) is 0 Å². The molecule has 0 aliphatic rings. The minimum atomic E-state index is -4.39. The first kappa shape index (κ1) is 13.4. The fraction of sp³-hybridized carbons (Fsp3) is 0.500. The van der Waals surface area contributed by atoms with Crippen LogP contribution in [0.5, 0.6) is 0 Å². The first-order valence-corrected chi connectivity index (χ1v) is 5.60. The van der Waals surface area contributed by atoms with E-state index in [4.69, 9.17) is 11.6 Å². The van der Waals surface area contributed by atoms with E-state index in [-0.39, 0.29) is 5.56 Å². The number of hydrogen-bond acceptors (Lipinski definition) is 0. The lowest BCUT2D eigenvalue weighted by Gasteiger charge is -2.15. The number of hydrogen-bond donors (Lipinski definition) is 0. The van der Waals surface area contributed by atoms with Gasteiger partial charge < -0.3 is 0 Å². The molecule has 0 radical (unpaired) electrons. The summed E-state index contributed by atoms with van der Waals surface area (Å²) in [6, 6.07) is 6.33. The van der Waals surface area contributed by atoms with Crippen molar-refractivity contribution in [3.8, 4) is 0 Å². The fourth-order valence-electron chi connectivity index (χ4n) is 1.42. The average molecular weight is 251 g/mol. The maximum absolute atomic E-state index is 12.3. The number of rotatable bonds is 3. The summed E-state index contributed by atoms with van der Waals surface area (Å²) in [5.41, 5.74) is 1.14. The third kappa shape index (κ3) is 3.14. The Morgan fingerprint density at radius 3 is 1.94 bits per heavy atom. The molecule has 90 valence electrons. The summed E-state index contributed by atoms with van der Waals surface area (Å²) < 4.78 is 37.0. The van der Waals surface area contributed by atoms with Crippen LogP contribution in [0.1, 0.15) is 42.7 Å². The van der Waals surface area contributed by atoms with Crippen LogP contribution in [0.25, 0.3) is 0 Å². The molecule has 0 spiro atoms. The molecule has 1 rings (SSSR count). The summed E-state index contributed by atoms with van der Waals surface area (Å²) in [5.74, 6) is 0.355. The molecule has 0 saturated carbocycles. The van der Waals surface area contributed by atoms with Crippen LogP contribution in [0.3, 0.4) is 0 Å². The Morgan fingerprint density at radius 1 is 1.12 bits per heavy atom. The van der Waals surface area contributed by atoms with Gasteiger partial charge in [0, 0.05) is 0 Å². The fourth-order valence-corrected chi connectivity index (χ4v) is 1.56. The topological polar surface area (TPSA) is 0 Å². The molecule has 2 atom stereocenters. The molecule has 0 N–H and O–H groups in total. The van der Waals surface area contributed by atoms with E-state index in [1.807, 2.05) is 13.8 Å². The van der Waals surface area contributed by atoms with Crippen LogP contribution in [-0.2, 0) is 0 Å². The van der Waals surface area contributed by atoms with Gasteiger partial charge in [0.1, 0.15) is 0 Å². The first-order valence-electron chi connectivity index (χ1n) is 5.17. The van der Waals surface area contributed by atoms with Crippen LogP contribution in [-0.4, -0.2) is 6.18 Å². The second-order valence-electron chi connectivity index (χ2n) is 3.88. The predicted octanol–water partition coefficient (Wildman–Crippen LogP) is 5.04. The van der Waals surface area contributed by atoms with Crippen LogP contribution < -0.4 is 0 Å². The minimum Gasteiger partial charge on any atom is -0.169 e. The normalized spacial score (nSPS) is 15.9. The third-order valence-corrected chi connectivity index (χ3v) is 3.20. The summed E-state index contributed by atoms with van der Waals surface area (Å²) in [6.45, 7) is 4.08. The van der Waals surface area contributed by atoms with Crippen LogP contribution in [0.2, 0.25) is 0 Å². The molecule has 0 fully saturated rings. The Labute approximate surface area is 98.4 Å². The SMILES string of the molecule is CCC(C)c1ccc(C(Cl)C(F)(F)F)cc1. The van der Waals surface area contributed by atoms with Gasteiger partial charge in [-0.25, -0.2) is 0 Å². The summed E-state index contributed by atoms with van der Waals surface area (Å²) in [6.07, 6.45) is -3.43. The first-order chi connectivity index (χ1) is 7.36. The molecular weight excluding hydrogens is 237 g/mol. The lowest BCUT2D eigenvalue weighted by atomic mass is 9.97. The summed E-state index contributed by atoms with van der Waals surface area (Å²) in [7, 11) is 0. The molecule has 16 heavy (non-hydrogen) atoms. The van der Waals surface area contributed by atoms with E-state index in [0.717, 1.165) is 12.0 Å². The Kier molecular flexibility index (Phi) is 4.25. The molecule has 0 amide bonds. The van der Waals surface area contributed by atoms with Crippen LogP contribution in [0.4, 0.5) is 13.2 Å². The van der Waals surface area contributed by atoms with E-state index < -0.39 is 11.6 Å². The second kappa shape index (κ2) is 5.09. The molecule has 1 aromatic carbocycles. The third-order valence-electron chi connectivity index (χ3n) is 2.70. The van der Waals surface area contributed by atoms with Gasteiger partial charge in [-0.1, -0.05) is 38.1 Å². The highest BCUT2D eigenvalue weighted by Crippen LogP contribution is 2.38. The monoisotopic (exact) mass is 250 g/mol. The molecule has 0 heterocycles. The van der Waals surface area contributed by atoms with E-state index in [1.54, 1.807) is 12.1 Å². The molecule has 0 nitrogen and oxygen atoms in total. The van der Waals surface area contributed by atoms with Crippen molar-refractivity contribution in [2.75, 3.05) is 0 Å². The second-order valence-corrected chi connectivity index (χ2v) is 4.32. The Balaban J connectivity index is 2.87. The molecule has 4 heteroatoms. The summed E-state index contributed by atoms with van der Waals surface area (Å²) in [5, 5.41) is -1.92. The van der Waals surface area contributed by atoms with Crippen molar-refractivity contribution in [3.05, 3.63) is 35.4 Å². The van der Waals surface area contributed by atoms with Crippen molar-refractivity contribution in [2.45, 2.75) is 37.7 Å². The Morgan fingerprint density at radius 2 is 1.56 bits per heavy atom. The van der Waals surface area contributed by atoms with Gasteiger partial charge in [0.05, 0.1) is 0 Å². The summed E-state index contributed by atoms with van der Waals surface area (Å²) >= 11 is 5.32. The minimum absolute atomic E-state index is 0.0984. The molecule has 0 aromatic heterocycles. The van der Waals surface area contributed by atoms with Crippen LogP contribution >= 0.6 is 11.6 Å². The number of alkyl halides is 4. The number of benzene rings is 1. The van der Waals surface area contributed by atoms with Crippen molar-refractivity contribution in [1.82, 2.24) is 0 Å². The van der Waals surface area contributed by atoms with E-state index >= 15 is 0 Å². The highest BCUT2D eigenvalue weighted by Gasteiger charge is 2.39. The van der Waals surface area contributed by atoms with Gasteiger partial charge in [-0.05, 0) is 23.5 Å². The zero-order chi connectivity index (χ0) is 12.3. The van der Waals surface area contributed by atoms with Gasteiger partial charge in [-0.3, -0.25) is 0 Å². The lowest BCUT2D eigenvalue weighted by Crippen LogP contribution is -2.15. The smallest absolute Gasteiger partial charge is 0.169 e. The Bertz CT molecular complexity index is 329. The Hall–Kier alpha value is -0.700. The quantitative estimate of drug-likeness (QED) is 0.659. The molecule has 0 aliphatic carbocycles. The maximum Gasteiger partial charge on any atom is 0.408 e. The van der Waals surface area contributed by atoms with Crippen molar-refractivity contribution in [1.29, 1.82) is 0 Å². The van der Waals surface area contributed by atoms with E-state index in [1.165, 1.54) is 12.1 Å². The van der Waals surface area contributed by atoms with E-state index in [0.29, 0.717) is 5.92 Å². The van der Waals surface area contributed by atoms with Crippen molar-refractivity contribution < 1.29 is 13.2 Å². The maximum atomic E-state index is 12.3. The molecule has 0 bridgehead atoms. The number of halogens is 4. The molecule has 0 saturated heterocycles. The van der Waals surface area contributed by atoms with Crippen LogP contribution in [0.15, 0.2) is 24.3 Å². The van der Waals surface area contributed by atoms with Crippen molar-refractivity contribution in [3.63, 3.8) is 0 Å². The summed E-state index contributed by atoms with van der Waals surface area (Å²) in [4.78, 5) is 0. The van der Waals surface area contributed by atoms with Gasteiger partial charge in [-0.2, -0.15) is 13.2 Å². The van der Waals surface area contributed by atoms with E-state index in [9.17, 15) is 13.2 Å². The predicted molar refractivity (Wildman–Crippen MR) is 59.8 cm³/mol. The van der Waals surface area contributed by atoms with Gasteiger partial charge >= 0.3 is 6.18 Å². The van der Waals surface area contributed by atoms with Gasteiger partial charge in [0.2, 0.25) is 0 Å². The zero-order valence-electron chi connectivity index (χ0n) is 9.18. The van der Waals surface area contributed by atoms with E-state index in [2.05, 4.69) is 0 Å². The largest absolute Gasteiger partial charge is 0.408 e. The molecular formula is C12H14ClF3. The highest BCUT2D eigenvalue weighted by molar-refractivity contribution is 6.21. The molecule has 0 aliphatic heterocycles. The molecule has 1 aromatic rings. The van der Waals surface area contributed by atoms with Gasteiger partial charge in [0.15, 0.2) is 5.38 Å².